The van der Waals surface area contributed by atoms with E-state index in [1.54, 1.807) is 14.0 Å². The van der Waals surface area contributed by atoms with Gasteiger partial charge in [-0.05, 0) is 55.0 Å². The smallest absolute Gasteiger partial charge is 0.317 e. The Labute approximate surface area is 160 Å². The Kier molecular flexibility index (Phi) is 8.36. The van der Waals surface area contributed by atoms with Gasteiger partial charge in [0, 0.05) is 0 Å². The van der Waals surface area contributed by atoms with E-state index < -0.39 is 11.9 Å². The van der Waals surface area contributed by atoms with E-state index in [2.05, 4.69) is 24.3 Å². The van der Waals surface area contributed by atoms with Gasteiger partial charge in [0.25, 0.3) is 0 Å². The van der Waals surface area contributed by atoms with Crippen LogP contribution < -0.4 is 4.74 Å². The molecule has 0 aliphatic heterocycles. The maximum Gasteiger partial charge on any atom is 0.317 e. The van der Waals surface area contributed by atoms with Crippen molar-refractivity contribution in [2.24, 2.45) is 0 Å². The van der Waals surface area contributed by atoms with Gasteiger partial charge in [-0.1, -0.05) is 36.4 Å². The van der Waals surface area contributed by atoms with Gasteiger partial charge in [-0.2, -0.15) is 0 Å². The molecule has 0 heterocycles. The monoisotopic (exact) mass is 370 g/mol. The number of aryl methyl sites for hydroxylation is 1. The number of hydrogen-bond donors (Lipinski definition) is 0. The van der Waals surface area contributed by atoms with Crippen LogP contribution in [0.2, 0.25) is 0 Å². The van der Waals surface area contributed by atoms with E-state index in [-0.39, 0.29) is 13.0 Å². The van der Waals surface area contributed by atoms with Crippen LogP contribution in [0.5, 0.6) is 5.75 Å². The van der Waals surface area contributed by atoms with Crippen molar-refractivity contribution >= 4 is 11.9 Å². The average Bonchev–Trinajstić information content (AvgIpc) is 2.68. The molecule has 0 atom stereocenters. The summed E-state index contributed by atoms with van der Waals surface area (Å²) in [5.74, 6) is -0.227. The van der Waals surface area contributed by atoms with Gasteiger partial charge in [0.15, 0.2) is 0 Å². The summed E-state index contributed by atoms with van der Waals surface area (Å²) < 4.78 is 14.9. The molecule has 0 radical (unpaired) electrons. The summed E-state index contributed by atoms with van der Waals surface area (Å²) >= 11 is 0. The second-order valence-corrected chi connectivity index (χ2v) is 6.08. The fourth-order valence-corrected chi connectivity index (χ4v) is 2.65. The molecule has 0 amide bonds. The van der Waals surface area contributed by atoms with Gasteiger partial charge >= 0.3 is 11.9 Å². The maximum absolute atomic E-state index is 11.4. The van der Waals surface area contributed by atoms with Gasteiger partial charge < -0.3 is 14.2 Å². The molecule has 0 aromatic heterocycles. The highest BCUT2D eigenvalue weighted by Crippen LogP contribution is 2.23. The minimum atomic E-state index is -0.542. The third-order valence-electron chi connectivity index (χ3n) is 4.09. The number of rotatable bonds is 10. The molecule has 0 saturated carbocycles. The van der Waals surface area contributed by atoms with Gasteiger partial charge in [0.2, 0.25) is 0 Å². The number of benzene rings is 2. The summed E-state index contributed by atoms with van der Waals surface area (Å²) in [4.78, 5) is 22.6. The molecule has 0 aliphatic rings. The van der Waals surface area contributed by atoms with Gasteiger partial charge in [-0.25, -0.2) is 0 Å². The van der Waals surface area contributed by atoms with Crippen LogP contribution in [0, 0.1) is 0 Å². The van der Waals surface area contributed by atoms with Crippen molar-refractivity contribution in [1.82, 2.24) is 0 Å². The molecule has 0 fully saturated rings. The van der Waals surface area contributed by atoms with Crippen LogP contribution in [0.1, 0.15) is 31.7 Å². The summed E-state index contributed by atoms with van der Waals surface area (Å²) in [6.07, 6.45) is 2.27. The SMILES string of the molecule is CCOC(=O)CC(=O)OCCCCc1ccc(-c2ccc(OC)cc2)cc1. The summed E-state index contributed by atoms with van der Waals surface area (Å²) in [5, 5.41) is 0. The number of unbranched alkanes of at least 4 members (excludes halogenated alkanes) is 1. The topological polar surface area (TPSA) is 61.8 Å². The van der Waals surface area contributed by atoms with E-state index >= 15 is 0 Å². The van der Waals surface area contributed by atoms with Crippen molar-refractivity contribution in [3.63, 3.8) is 0 Å². The summed E-state index contributed by atoms with van der Waals surface area (Å²) in [5.41, 5.74) is 3.55. The van der Waals surface area contributed by atoms with Crippen LogP contribution in [0.25, 0.3) is 11.1 Å². The number of methoxy groups -OCH3 is 1. The highest BCUT2D eigenvalue weighted by Gasteiger charge is 2.10. The molecular weight excluding hydrogens is 344 g/mol. The van der Waals surface area contributed by atoms with Crippen LogP contribution in [-0.4, -0.2) is 32.3 Å². The van der Waals surface area contributed by atoms with Crippen LogP contribution >= 0.6 is 0 Å². The Balaban J connectivity index is 1.69. The van der Waals surface area contributed by atoms with Crippen LogP contribution in [-0.2, 0) is 25.5 Å². The molecule has 0 aliphatic carbocycles. The first kappa shape index (κ1) is 20.5. The lowest BCUT2D eigenvalue weighted by Gasteiger charge is -2.07. The van der Waals surface area contributed by atoms with Crippen molar-refractivity contribution in [2.45, 2.75) is 32.6 Å². The van der Waals surface area contributed by atoms with Gasteiger partial charge in [0.05, 0.1) is 20.3 Å². The summed E-state index contributed by atoms with van der Waals surface area (Å²) in [6.45, 7) is 2.29. The first-order chi connectivity index (χ1) is 13.1. The van der Waals surface area contributed by atoms with Gasteiger partial charge in [-0.15, -0.1) is 0 Å². The number of carbonyl (C=O) groups excluding carboxylic acids is 2. The minimum absolute atomic E-state index is 0.267. The van der Waals surface area contributed by atoms with Crippen LogP contribution in [0.3, 0.4) is 0 Å². The van der Waals surface area contributed by atoms with E-state index in [1.807, 2.05) is 24.3 Å². The van der Waals surface area contributed by atoms with Crippen molar-refractivity contribution in [3.05, 3.63) is 54.1 Å². The minimum Gasteiger partial charge on any atom is -0.497 e. The second kappa shape index (κ2) is 11.0. The van der Waals surface area contributed by atoms with E-state index in [0.29, 0.717) is 6.61 Å². The van der Waals surface area contributed by atoms with E-state index in [1.165, 1.54) is 5.56 Å². The van der Waals surface area contributed by atoms with Crippen LogP contribution in [0.4, 0.5) is 0 Å². The quantitative estimate of drug-likeness (QED) is 0.357. The van der Waals surface area contributed by atoms with E-state index in [9.17, 15) is 9.59 Å². The number of hydrogen-bond acceptors (Lipinski definition) is 5. The molecule has 0 spiro atoms. The Morgan fingerprint density at radius 1 is 0.815 bits per heavy atom. The van der Waals surface area contributed by atoms with E-state index in [0.717, 1.165) is 36.1 Å². The second-order valence-electron chi connectivity index (χ2n) is 6.08. The molecule has 5 nitrogen and oxygen atoms in total. The molecule has 5 heteroatoms. The van der Waals surface area contributed by atoms with E-state index in [4.69, 9.17) is 14.2 Å². The van der Waals surface area contributed by atoms with Crippen molar-refractivity contribution in [3.8, 4) is 16.9 Å². The highest BCUT2D eigenvalue weighted by atomic mass is 16.6. The fraction of sp³-hybridized carbons (Fsp3) is 0.364. The lowest BCUT2D eigenvalue weighted by Crippen LogP contribution is -2.14. The van der Waals surface area contributed by atoms with Crippen LogP contribution in [0.15, 0.2) is 48.5 Å². The summed E-state index contributed by atoms with van der Waals surface area (Å²) in [6, 6.07) is 16.4. The molecular formula is C22H26O5. The molecule has 0 saturated heterocycles. The fourth-order valence-electron chi connectivity index (χ4n) is 2.65. The molecule has 2 aromatic carbocycles. The summed E-state index contributed by atoms with van der Waals surface area (Å²) in [7, 11) is 1.66. The third kappa shape index (κ3) is 7.13. The Morgan fingerprint density at radius 2 is 1.41 bits per heavy atom. The van der Waals surface area contributed by atoms with Gasteiger partial charge in [0.1, 0.15) is 12.2 Å². The normalized spacial score (nSPS) is 10.3. The molecule has 2 rings (SSSR count). The molecule has 0 bridgehead atoms. The van der Waals surface area contributed by atoms with Crippen molar-refractivity contribution in [2.75, 3.05) is 20.3 Å². The Hall–Kier alpha value is -2.82. The molecule has 0 unspecified atom stereocenters. The average molecular weight is 370 g/mol. The standard InChI is InChI=1S/C22H26O5/c1-3-26-21(23)16-22(24)27-15-5-4-6-17-7-9-18(10-8-17)19-11-13-20(25-2)14-12-19/h7-14H,3-6,15-16H2,1-2H3. The maximum atomic E-state index is 11.4. The first-order valence-electron chi connectivity index (χ1n) is 9.17. The van der Waals surface area contributed by atoms with Crippen molar-refractivity contribution < 1.29 is 23.8 Å². The molecule has 144 valence electrons. The zero-order valence-corrected chi connectivity index (χ0v) is 15.9. The molecule has 0 N–H and O–H groups in total. The lowest BCUT2D eigenvalue weighted by atomic mass is 10.0. The van der Waals surface area contributed by atoms with Crippen molar-refractivity contribution in [1.29, 1.82) is 0 Å². The van der Waals surface area contributed by atoms with Gasteiger partial charge in [-0.3, -0.25) is 9.59 Å². The lowest BCUT2D eigenvalue weighted by molar-refractivity contribution is -0.154. The zero-order valence-electron chi connectivity index (χ0n) is 15.9. The molecule has 2 aromatic rings. The largest absolute Gasteiger partial charge is 0.497 e. The Bertz CT molecular complexity index is 719. The Morgan fingerprint density at radius 3 is 2.00 bits per heavy atom. The predicted molar refractivity (Wildman–Crippen MR) is 104 cm³/mol. The third-order valence-corrected chi connectivity index (χ3v) is 4.09. The predicted octanol–water partition coefficient (Wildman–Crippen LogP) is 4.18. The number of carbonyl (C=O) groups is 2. The zero-order chi connectivity index (χ0) is 19.5. The highest BCUT2D eigenvalue weighted by molar-refractivity contribution is 5.91. The first-order valence-corrected chi connectivity index (χ1v) is 9.17. The number of ether oxygens (including phenoxy) is 3. The number of esters is 2. The molecule has 27 heavy (non-hydrogen) atoms.